The highest BCUT2D eigenvalue weighted by atomic mass is 16.5. The third-order valence-corrected chi connectivity index (χ3v) is 3.90. The summed E-state index contributed by atoms with van der Waals surface area (Å²) in [7, 11) is 0. The van der Waals surface area contributed by atoms with Gasteiger partial charge in [0.25, 0.3) is 0 Å². The van der Waals surface area contributed by atoms with Gasteiger partial charge in [-0.25, -0.2) is 0 Å². The molecule has 0 amide bonds. The molecule has 0 saturated carbocycles. The normalized spacial score (nSPS) is 13.5. The second-order valence-electron chi connectivity index (χ2n) is 5.89. The monoisotopic (exact) mass is 313 g/mol. The van der Waals surface area contributed by atoms with E-state index in [2.05, 4.69) is 36.5 Å². The molecule has 2 aromatic carbocycles. The van der Waals surface area contributed by atoms with Gasteiger partial charge in [-0.05, 0) is 43.0 Å². The Morgan fingerprint density at radius 2 is 1.74 bits per heavy atom. The fourth-order valence-electron chi connectivity index (χ4n) is 2.54. The summed E-state index contributed by atoms with van der Waals surface area (Å²) in [6.07, 6.45) is 1.36. The first kappa shape index (κ1) is 17.5. The molecule has 0 unspecified atom stereocenters. The number of rotatable bonds is 9. The standard InChI is InChI=1S/C20H27NO2/c1-3-20(22)18-9-11-19(12-10-18)23-14-13-21-16(2)15-17-7-5-4-6-8-17/h4-12,16,20-22H,3,13-15H2,1-2H3/t16-,20+/m1/s1. The van der Waals surface area contributed by atoms with Crippen LogP contribution < -0.4 is 10.1 Å². The van der Waals surface area contributed by atoms with Crippen LogP contribution in [0.1, 0.15) is 37.5 Å². The van der Waals surface area contributed by atoms with Crippen molar-refractivity contribution in [2.24, 2.45) is 0 Å². The molecule has 2 atom stereocenters. The summed E-state index contributed by atoms with van der Waals surface area (Å²) in [5, 5.41) is 13.2. The minimum absolute atomic E-state index is 0.385. The van der Waals surface area contributed by atoms with Crippen molar-refractivity contribution in [3.05, 3.63) is 65.7 Å². The number of hydrogen-bond acceptors (Lipinski definition) is 3. The van der Waals surface area contributed by atoms with Gasteiger partial charge in [-0.3, -0.25) is 0 Å². The maximum absolute atomic E-state index is 9.77. The summed E-state index contributed by atoms with van der Waals surface area (Å²) in [6, 6.07) is 18.6. The van der Waals surface area contributed by atoms with E-state index in [4.69, 9.17) is 4.74 Å². The van der Waals surface area contributed by atoms with Crippen LogP contribution in [0, 0.1) is 0 Å². The van der Waals surface area contributed by atoms with E-state index in [1.165, 1.54) is 5.56 Å². The van der Waals surface area contributed by atoms with Crippen LogP contribution in [0.15, 0.2) is 54.6 Å². The van der Waals surface area contributed by atoms with Crippen molar-refractivity contribution in [2.45, 2.75) is 38.8 Å². The third kappa shape index (κ3) is 6.05. The predicted octanol–water partition coefficient (Wildman–Crippen LogP) is 3.73. The van der Waals surface area contributed by atoms with Crippen molar-refractivity contribution in [3.8, 4) is 5.75 Å². The zero-order chi connectivity index (χ0) is 16.5. The second-order valence-corrected chi connectivity index (χ2v) is 5.89. The highest BCUT2D eigenvalue weighted by Crippen LogP contribution is 2.19. The van der Waals surface area contributed by atoms with Gasteiger partial charge in [-0.15, -0.1) is 0 Å². The van der Waals surface area contributed by atoms with Crippen LogP contribution in [-0.2, 0) is 6.42 Å². The molecular weight excluding hydrogens is 286 g/mol. The van der Waals surface area contributed by atoms with Gasteiger partial charge < -0.3 is 15.2 Å². The zero-order valence-corrected chi connectivity index (χ0v) is 14.0. The fraction of sp³-hybridized carbons (Fsp3) is 0.400. The number of nitrogens with one attached hydrogen (secondary N) is 1. The largest absolute Gasteiger partial charge is 0.492 e. The first-order valence-electron chi connectivity index (χ1n) is 8.37. The Morgan fingerprint density at radius 3 is 2.39 bits per heavy atom. The summed E-state index contributed by atoms with van der Waals surface area (Å²) < 4.78 is 5.73. The van der Waals surface area contributed by atoms with Gasteiger partial charge in [0, 0.05) is 12.6 Å². The Hall–Kier alpha value is -1.84. The van der Waals surface area contributed by atoms with E-state index < -0.39 is 0 Å². The number of benzene rings is 2. The molecule has 0 heterocycles. The summed E-state index contributed by atoms with van der Waals surface area (Å²) in [5.74, 6) is 0.842. The zero-order valence-electron chi connectivity index (χ0n) is 14.0. The predicted molar refractivity (Wildman–Crippen MR) is 94.8 cm³/mol. The van der Waals surface area contributed by atoms with Gasteiger partial charge in [0.2, 0.25) is 0 Å². The molecule has 3 nitrogen and oxygen atoms in total. The van der Waals surface area contributed by atoms with E-state index in [1.54, 1.807) is 0 Å². The minimum atomic E-state index is -0.385. The quantitative estimate of drug-likeness (QED) is 0.693. The Balaban J connectivity index is 1.67. The van der Waals surface area contributed by atoms with Crippen molar-refractivity contribution < 1.29 is 9.84 Å². The Labute approximate surface area is 139 Å². The lowest BCUT2D eigenvalue weighted by molar-refractivity contribution is 0.173. The van der Waals surface area contributed by atoms with Crippen molar-refractivity contribution in [2.75, 3.05) is 13.2 Å². The molecule has 0 aromatic heterocycles. The second kappa shape index (κ2) is 9.33. The van der Waals surface area contributed by atoms with E-state index in [0.717, 1.165) is 30.7 Å². The van der Waals surface area contributed by atoms with Gasteiger partial charge >= 0.3 is 0 Å². The summed E-state index contributed by atoms with van der Waals surface area (Å²) in [6.45, 7) is 5.60. The molecule has 124 valence electrons. The van der Waals surface area contributed by atoms with E-state index in [1.807, 2.05) is 37.3 Å². The smallest absolute Gasteiger partial charge is 0.119 e. The lowest BCUT2D eigenvalue weighted by Crippen LogP contribution is -2.31. The van der Waals surface area contributed by atoms with Gasteiger partial charge in [-0.1, -0.05) is 49.4 Å². The third-order valence-electron chi connectivity index (χ3n) is 3.90. The van der Waals surface area contributed by atoms with Crippen LogP contribution in [0.5, 0.6) is 5.75 Å². The molecule has 0 aliphatic carbocycles. The molecule has 0 spiro atoms. The maximum Gasteiger partial charge on any atom is 0.119 e. The van der Waals surface area contributed by atoms with Crippen molar-refractivity contribution in [3.63, 3.8) is 0 Å². The van der Waals surface area contributed by atoms with Gasteiger partial charge in [0.05, 0.1) is 6.10 Å². The van der Waals surface area contributed by atoms with Crippen LogP contribution >= 0.6 is 0 Å². The summed E-state index contributed by atoms with van der Waals surface area (Å²) in [5.41, 5.74) is 2.29. The topological polar surface area (TPSA) is 41.5 Å². The molecule has 0 bridgehead atoms. The van der Waals surface area contributed by atoms with Gasteiger partial charge in [0.1, 0.15) is 12.4 Å². The molecule has 2 N–H and O–H groups in total. The first-order valence-corrected chi connectivity index (χ1v) is 8.37. The lowest BCUT2D eigenvalue weighted by atomic mass is 10.1. The SMILES string of the molecule is CC[C@H](O)c1ccc(OCCN[C@H](C)Cc2ccccc2)cc1. The number of ether oxygens (including phenoxy) is 1. The molecule has 0 aliphatic rings. The number of aliphatic hydroxyl groups is 1. The Kier molecular flexibility index (Phi) is 7.11. The molecular formula is C20H27NO2. The van der Waals surface area contributed by atoms with E-state index in [9.17, 15) is 5.11 Å². The van der Waals surface area contributed by atoms with Crippen LogP contribution in [-0.4, -0.2) is 24.3 Å². The van der Waals surface area contributed by atoms with Crippen LogP contribution in [0.3, 0.4) is 0 Å². The molecule has 2 aromatic rings. The number of aliphatic hydroxyl groups excluding tert-OH is 1. The van der Waals surface area contributed by atoms with Gasteiger partial charge in [0.15, 0.2) is 0 Å². The van der Waals surface area contributed by atoms with Gasteiger partial charge in [-0.2, -0.15) is 0 Å². The Bertz CT molecular complexity index is 554. The van der Waals surface area contributed by atoms with Crippen molar-refractivity contribution in [1.29, 1.82) is 0 Å². The molecule has 2 rings (SSSR count). The average Bonchev–Trinajstić information content (AvgIpc) is 2.59. The summed E-state index contributed by atoms with van der Waals surface area (Å²) >= 11 is 0. The highest BCUT2D eigenvalue weighted by Gasteiger charge is 2.05. The molecule has 0 radical (unpaired) electrons. The average molecular weight is 313 g/mol. The molecule has 23 heavy (non-hydrogen) atoms. The first-order chi connectivity index (χ1) is 11.2. The van der Waals surface area contributed by atoms with Crippen molar-refractivity contribution >= 4 is 0 Å². The molecule has 3 heteroatoms. The fourth-order valence-corrected chi connectivity index (χ4v) is 2.54. The van der Waals surface area contributed by atoms with Crippen LogP contribution in [0.25, 0.3) is 0 Å². The van der Waals surface area contributed by atoms with Crippen molar-refractivity contribution in [1.82, 2.24) is 5.32 Å². The maximum atomic E-state index is 9.77. The van der Waals surface area contributed by atoms with Crippen LogP contribution in [0.2, 0.25) is 0 Å². The Morgan fingerprint density at radius 1 is 1.04 bits per heavy atom. The van der Waals surface area contributed by atoms with Crippen LogP contribution in [0.4, 0.5) is 0 Å². The molecule has 0 saturated heterocycles. The molecule has 0 fully saturated rings. The number of hydrogen-bond donors (Lipinski definition) is 2. The van der Waals surface area contributed by atoms with E-state index in [0.29, 0.717) is 12.6 Å². The van der Waals surface area contributed by atoms with E-state index >= 15 is 0 Å². The molecule has 0 aliphatic heterocycles. The minimum Gasteiger partial charge on any atom is -0.492 e. The summed E-state index contributed by atoms with van der Waals surface area (Å²) in [4.78, 5) is 0. The van der Waals surface area contributed by atoms with E-state index in [-0.39, 0.29) is 6.10 Å². The highest BCUT2D eigenvalue weighted by molar-refractivity contribution is 5.28. The lowest BCUT2D eigenvalue weighted by Gasteiger charge is -2.15.